The van der Waals surface area contributed by atoms with Crippen molar-refractivity contribution in [1.29, 1.82) is 0 Å². The summed E-state index contributed by atoms with van der Waals surface area (Å²) in [5, 5.41) is 12.2. The first kappa shape index (κ1) is 13.9. The number of rotatable bonds is 0. The van der Waals surface area contributed by atoms with Crippen LogP contribution in [0.5, 0.6) is 0 Å². The predicted molar refractivity (Wildman–Crippen MR) is 69.3 cm³/mol. The van der Waals surface area contributed by atoms with Gasteiger partial charge in [-0.1, -0.05) is 52.8 Å². The van der Waals surface area contributed by atoms with Gasteiger partial charge >= 0.3 is 0 Å². The first-order valence-electron chi connectivity index (χ1n) is 6.05. The zero-order valence-electron chi connectivity index (χ0n) is 11.7. The molecule has 1 rings (SSSR count). The molecule has 3 nitrogen and oxygen atoms in total. The monoisotopic (exact) mass is 237 g/mol. The highest BCUT2D eigenvalue weighted by atomic mass is 16.4. The van der Waals surface area contributed by atoms with Gasteiger partial charge in [0.15, 0.2) is 0 Å². The lowest BCUT2D eigenvalue weighted by Gasteiger charge is -2.35. The van der Waals surface area contributed by atoms with E-state index in [-0.39, 0.29) is 28.2 Å². The van der Waals surface area contributed by atoms with Crippen LogP contribution in [0.25, 0.3) is 0 Å². The maximum atomic E-state index is 12.1. The molecule has 0 aromatic rings. The molecule has 0 aromatic heterocycles. The molecule has 0 saturated carbocycles. The Morgan fingerprint density at radius 2 is 1.76 bits per heavy atom. The van der Waals surface area contributed by atoms with Crippen LogP contribution in [0.2, 0.25) is 0 Å². The van der Waals surface area contributed by atoms with Gasteiger partial charge in [0.1, 0.15) is 5.71 Å². The van der Waals surface area contributed by atoms with E-state index in [9.17, 15) is 4.79 Å². The molecule has 0 saturated heterocycles. The van der Waals surface area contributed by atoms with Gasteiger partial charge in [0.2, 0.25) is 5.78 Å². The first-order chi connectivity index (χ1) is 7.57. The normalized spacial score (nSPS) is 25.1. The maximum absolute atomic E-state index is 12.1. The maximum Gasteiger partial charge on any atom is 0.206 e. The van der Waals surface area contributed by atoms with Crippen LogP contribution in [0.4, 0.5) is 0 Å². The van der Waals surface area contributed by atoms with Crippen molar-refractivity contribution >= 4 is 11.5 Å². The zero-order chi connectivity index (χ0) is 13.4. The molecule has 0 bridgehead atoms. The van der Waals surface area contributed by atoms with E-state index in [1.54, 1.807) is 0 Å². The fourth-order valence-corrected chi connectivity index (χ4v) is 2.03. The number of hydrogen-bond donors (Lipinski definition) is 1. The number of nitrogens with zero attached hydrogens (tertiary/aromatic N) is 1. The summed E-state index contributed by atoms with van der Waals surface area (Å²) >= 11 is 0. The summed E-state index contributed by atoms with van der Waals surface area (Å²) < 4.78 is 0. The van der Waals surface area contributed by atoms with Crippen molar-refractivity contribution in [3.63, 3.8) is 0 Å². The summed E-state index contributed by atoms with van der Waals surface area (Å²) in [5.41, 5.74) is 0.901. The molecular weight excluding hydrogens is 214 g/mol. The number of hydrogen-bond acceptors (Lipinski definition) is 3. The van der Waals surface area contributed by atoms with E-state index in [0.29, 0.717) is 6.42 Å². The highest BCUT2D eigenvalue weighted by Crippen LogP contribution is 2.39. The third-order valence-corrected chi connectivity index (χ3v) is 3.33. The summed E-state index contributed by atoms with van der Waals surface area (Å²) in [6.07, 6.45) is 2.59. The Kier molecular flexibility index (Phi) is 3.51. The van der Waals surface area contributed by atoms with Crippen LogP contribution in [0, 0.1) is 16.7 Å². The molecule has 3 heteroatoms. The van der Waals surface area contributed by atoms with Gasteiger partial charge in [-0.05, 0) is 16.7 Å². The molecule has 1 aliphatic carbocycles. The molecule has 0 fully saturated rings. The van der Waals surface area contributed by atoms with Crippen LogP contribution in [0.1, 0.15) is 48.0 Å². The van der Waals surface area contributed by atoms with E-state index in [4.69, 9.17) is 5.21 Å². The standard InChI is InChI=1S/C14H23NO2/c1-13(2,3)9-7-10(14(4,5)6)12(16)11(8-9)15-17/h7,9,17H,8H2,1-6H3/b15-11-. The Morgan fingerprint density at radius 3 is 2.12 bits per heavy atom. The SMILES string of the molecule is CC(C)(C)C1=CC(C(C)(C)C)C/C(=N/O)C1=O. The number of carbonyl (C=O) groups excluding carboxylic acids is 1. The first-order valence-corrected chi connectivity index (χ1v) is 6.05. The van der Waals surface area contributed by atoms with Gasteiger partial charge < -0.3 is 5.21 Å². The predicted octanol–water partition coefficient (Wildman–Crippen LogP) is 3.42. The fraction of sp³-hybridized carbons (Fsp3) is 0.714. The molecule has 0 aliphatic heterocycles. The van der Waals surface area contributed by atoms with Crippen molar-refractivity contribution in [1.82, 2.24) is 0 Å². The Labute approximate surface area is 104 Å². The van der Waals surface area contributed by atoms with E-state index in [1.165, 1.54) is 0 Å². The van der Waals surface area contributed by atoms with Crippen molar-refractivity contribution < 1.29 is 10.0 Å². The minimum atomic E-state index is -0.211. The molecule has 17 heavy (non-hydrogen) atoms. The smallest absolute Gasteiger partial charge is 0.206 e. The lowest BCUT2D eigenvalue weighted by Crippen LogP contribution is -2.35. The second kappa shape index (κ2) is 4.28. The summed E-state index contributed by atoms with van der Waals surface area (Å²) in [6, 6.07) is 0. The van der Waals surface area contributed by atoms with Gasteiger partial charge in [-0.2, -0.15) is 0 Å². The van der Waals surface area contributed by atoms with Crippen molar-refractivity contribution in [2.75, 3.05) is 0 Å². The van der Waals surface area contributed by atoms with Gasteiger partial charge in [0.25, 0.3) is 0 Å². The van der Waals surface area contributed by atoms with Crippen molar-refractivity contribution in [2.45, 2.75) is 48.0 Å². The van der Waals surface area contributed by atoms with Crippen LogP contribution >= 0.6 is 0 Å². The molecule has 96 valence electrons. The number of Topliss-reactive ketones (excluding diaryl/α,β-unsaturated/α-hetero) is 1. The van der Waals surface area contributed by atoms with Crippen LogP contribution in [-0.4, -0.2) is 16.7 Å². The highest BCUT2D eigenvalue weighted by molar-refractivity contribution is 6.46. The van der Waals surface area contributed by atoms with Crippen molar-refractivity contribution in [3.05, 3.63) is 11.6 Å². The van der Waals surface area contributed by atoms with Gasteiger partial charge in [-0.3, -0.25) is 4.79 Å². The molecule has 0 amide bonds. The van der Waals surface area contributed by atoms with Crippen LogP contribution in [-0.2, 0) is 4.79 Å². The summed E-state index contributed by atoms with van der Waals surface area (Å²) in [6.45, 7) is 12.4. The van der Waals surface area contributed by atoms with Crippen LogP contribution in [0.15, 0.2) is 16.8 Å². The topological polar surface area (TPSA) is 49.7 Å². The third-order valence-electron chi connectivity index (χ3n) is 3.33. The molecule has 0 radical (unpaired) electrons. The quantitative estimate of drug-likeness (QED) is 0.518. The summed E-state index contributed by atoms with van der Waals surface area (Å²) in [5.74, 6) is 0.126. The minimum Gasteiger partial charge on any atom is -0.411 e. The van der Waals surface area contributed by atoms with Gasteiger partial charge in [-0.15, -0.1) is 0 Å². The van der Waals surface area contributed by atoms with Gasteiger partial charge in [-0.25, -0.2) is 0 Å². The van der Waals surface area contributed by atoms with Crippen molar-refractivity contribution in [3.8, 4) is 0 Å². The fourth-order valence-electron chi connectivity index (χ4n) is 2.03. The molecule has 1 atom stereocenters. The summed E-state index contributed by atoms with van der Waals surface area (Å²) in [4.78, 5) is 12.1. The second-order valence-corrected chi connectivity index (χ2v) is 6.88. The van der Waals surface area contributed by atoms with Crippen LogP contribution in [0.3, 0.4) is 0 Å². The number of ketones is 1. The average Bonchev–Trinajstić information content (AvgIpc) is 2.14. The molecular formula is C14H23NO2. The largest absolute Gasteiger partial charge is 0.411 e. The van der Waals surface area contributed by atoms with E-state index in [2.05, 4.69) is 32.0 Å². The van der Waals surface area contributed by atoms with Gasteiger partial charge in [0.05, 0.1) is 0 Å². The number of oxime groups is 1. The number of allylic oxidation sites excluding steroid dienone is 2. The Balaban J connectivity index is 3.25. The second-order valence-electron chi connectivity index (χ2n) is 6.88. The Hall–Kier alpha value is -1.12. The van der Waals surface area contributed by atoms with Gasteiger partial charge in [0, 0.05) is 12.0 Å². The zero-order valence-corrected chi connectivity index (χ0v) is 11.7. The molecule has 1 aliphatic rings. The van der Waals surface area contributed by atoms with Crippen molar-refractivity contribution in [2.24, 2.45) is 21.9 Å². The lowest BCUT2D eigenvalue weighted by molar-refractivity contribution is -0.111. The number of carbonyl (C=O) groups is 1. The van der Waals surface area contributed by atoms with E-state index >= 15 is 0 Å². The molecule has 1 unspecified atom stereocenters. The third kappa shape index (κ3) is 2.96. The Morgan fingerprint density at radius 1 is 1.24 bits per heavy atom. The van der Waals surface area contributed by atoms with E-state index < -0.39 is 0 Å². The molecule has 0 heterocycles. The van der Waals surface area contributed by atoms with Crippen LogP contribution < -0.4 is 0 Å². The molecule has 0 aromatic carbocycles. The summed E-state index contributed by atoms with van der Waals surface area (Å²) in [7, 11) is 0. The highest BCUT2D eigenvalue weighted by Gasteiger charge is 2.37. The molecule has 1 N–H and O–H groups in total. The average molecular weight is 237 g/mol. The Bertz CT molecular complexity index is 378. The van der Waals surface area contributed by atoms with E-state index in [1.807, 2.05) is 20.8 Å². The lowest BCUT2D eigenvalue weighted by atomic mass is 9.69. The van der Waals surface area contributed by atoms with E-state index in [0.717, 1.165) is 5.57 Å². The minimum absolute atomic E-state index is 0.0626. The molecule has 0 spiro atoms.